The van der Waals surface area contributed by atoms with Crippen molar-refractivity contribution in [2.75, 3.05) is 13.7 Å². The highest BCUT2D eigenvalue weighted by atomic mass is 16.5. The molecule has 1 atom stereocenters. The fourth-order valence-corrected chi connectivity index (χ4v) is 1.84. The van der Waals surface area contributed by atoms with Gasteiger partial charge in [0.2, 0.25) is 0 Å². The Morgan fingerprint density at radius 2 is 2.28 bits per heavy atom. The maximum absolute atomic E-state index is 5.36. The van der Waals surface area contributed by atoms with Gasteiger partial charge in [0, 0.05) is 18.6 Å². The maximum Gasteiger partial charge on any atom is 0.142 e. The molecule has 5 heteroatoms. The summed E-state index contributed by atoms with van der Waals surface area (Å²) >= 11 is 0. The fraction of sp³-hybridized carbons (Fsp3) is 0.385. The number of ether oxygens (including phenoxy) is 1. The van der Waals surface area contributed by atoms with Crippen LogP contribution in [0.5, 0.6) is 5.75 Å². The van der Waals surface area contributed by atoms with Crippen LogP contribution < -0.4 is 10.1 Å². The van der Waals surface area contributed by atoms with Gasteiger partial charge in [-0.25, -0.2) is 4.98 Å². The largest absolute Gasteiger partial charge is 0.495 e. The van der Waals surface area contributed by atoms with Crippen LogP contribution in [0.25, 0.3) is 0 Å². The van der Waals surface area contributed by atoms with Crippen molar-refractivity contribution in [2.45, 2.75) is 19.4 Å². The van der Waals surface area contributed by atoms with Crippen LogP contribution in [0.1, 0.15) is 30.9 Å². The number of nitrogens with zero attached hydrogens (tertiary/aromatic N) is 2. The molecule has 2 aromatic heterocycles. The number of rotatable bonds is 6. The number of nitrogens with one attached hydrogen (secondary N) is 2. The highest BCUT2D eigenvalue weighted by Gasteiger charge is 2.20. The van der Waals surface area contributed by atoms with Gasteiger partial charge in [-0.1, -0.05) is 6.92 Å². The predicted molar refractivity (Wildman–Crippen MR) is 69.5 cm³/mol. The van der Waals surface area contributed by atoms with Crippen molar-refractivity contribution in [3.05, 3.63) is 42.2 Å². The first-order valence-electron chi connectivity index (χ1n) is 6.08. The van der Waals surface area contributed by atoms with E-state index in [1.54, 1.807) is 19.5 Å². The van der Waals surface area contributed by atoms with E-state index in [1.165, 1.54) is 0 Å². The van der Waals surface area contributed by atoms with Gasteiger partial charge >= 0.3 is 0 Å². The molecule has 2 N–H and O–H groups in total. The summed E-state index contributed by atoms with van der Waals surface area (Å²) in [5.41, 5.74) is 0.850. The van der Waals surface area contributed by atoms with Crippen LogP contribution in [0.3, 0.4) is 0 Å². The number of hydrogen-bond acceptors (Lipinski definition) is 4. The third-order valence-corrected chi connectivity index (χ3v) is 2.68. The first-order valence-corrected chi connectivity index (χ1v) is 6.08. The van der Waals surface area contributed by atoms with Crippen molar-refractivity contribution >= 4 is 0 Å². The molecule has 0 bridgehead atoms. The molecule has 2 rings (SSSR count). The number of aromatic amines is 1. The molecule has 1 unspecified atom stereocenters. The monoisotopic (exact) mass is 246 g/mol. The van der Waals surface area contributed by atoms with Crippen LogP contribution >= 0.6 is 0 Å². The third-order valence-electron chi connectivity index (χ3n) is 2.68. The summed E-state index contributed by atoms with van der Waals surface area (Å²) < 4.78 is 5.36. The lowest BCUT2D eigenvalue weighted by molar-refractivity contribution is 0.398. The Kier molecular flexibility index (Phi) is 4.30. The van der Waals surface area contributed by atoms with Gasteiger partial charge in [0.1, 0.15) is 23.3 Å². The lowest BCUT2D eigenvalue weighted by Crippen LogP contribution is -2.25. The van der Waals surface area contributed by atoms with Gasteiger partial charge in [-0.2, -0.15) is 0 Å². The lowest BCUT2D eigenvalue weighted by Gasteiger charge is -2.18. The van der Waals surface area contributed by atoms with Crippen LogP contribution in [0, 0.1) is 0 Å². The van der Waals surface area contributed by atoms with E-state index in [0.29, 0.717) is 0 Å². The number of pyridine rings is 1. The molecular weight excluding hydrogens is 228 g/mol. The first kappa shape index (κ1) is 12.6. The Bertz CT molecular complexity index is 470. The van der Waals surface area contributed by atoms with Crippen LogP contribution in [0.2, 0.25) is 0 Å². The number of methoxy groups -OCH3 is 1. The summed E-state index contributed by atoms with van der Waals surface area (Å²) in [5.74, 6) is 1.61. The number of H-pyrrole nitrogens is 1. The quantitative estimate of drug-likeness (QED) is 0.817. The molecule has 0 aliphatic rings. The van der Waals surface area contributed by atoms with E-state index < -0.39 is 0 Å². The molecule has 96 valence electrons. The van der Waals surface area contributed by atoms with E-state index in [1.807, 2.05) is 18.3 Å². The Labute approximate surface area is 107 Å². The number of hydrogen-bond donors (Lipinski definition) is 2. The zero-order valence-corrected chi connectivity index (χ0v) is 10.7. The second-order valence-electron chi connectivity index (χ2n) is 3.95. The van der Waals surface area contributed by atoms with E-state index in [4.69, 9.17) is 4.74 Å². The van der Waals surface area contributed by atoms with Crippen molar-refractivity contribution < 1.29 is 4.74 Å². The second kappa shape index (κ2) is 6.16. The smallest absolute Gasteiger partial charge is 0.142 e. The SMILES string of the molecule is CCCNC(c1ncc[nH]1)c1ncccc1OC. The predicted octanol–water partition coefficient (Wildman–Crippen LogP) is 1.90. The van der Waals surface area contributed by atoms with Crippen LogP contribution in [0.4, 0.5) is 0 Å². The van der Waals surface area contributed by atoms with E-state index in [0.717, 1.165) is 30.2 Å². The first-order chi connectivity index (χ1) is 8.86. The molecule has 0 fully saturated rings. The van der Waals surface area contributed by atoms with Gasteiger partial charge in [0.15, 0.2) is 0 Å². The molecule has 0 aromatic carbocycles. The minimum atomic E-state index is -0.0731. The standard InChI is InChI=1S/C13H18N4O/c1-3-6-14-12(13-16-8-9-17-13)11-10(18-2)5-4-7-15-11/h4-5,7-9,12,14H,3,6H2,1-2H3,(H,16,17). The molecular formula is C13H18N4O. The highest BCUT2D eigenvalue weighted by Crippen LogP contribution is 2.25. The summed E-state index contributed by atoms with van der Waals surface area (Å²) in [6.07, 6.45) is 6.37. The molecule has 0 spiro atoms. The zero-order valence-electron chi connectivity index (χ0n) is 10.7. The average molecular weight is 246 g/mol. The van der Waals surface area contributed by atoms with Gasteiger partial charge in [0.25, 0.3) is 0 Å². The Hall–Kier alpha value is -1.88. The maximum atomic E-state index is 5.36. The normalized spacial score (nSPS) is 12.3. The van der Waals surface area contributed by atoms with Crippen molar-refractivity contribution in [3.63, 3.8) is 0 Å². The molecule has 2 aromatic rings. The van der Waals surface area contributed by atoms with Gasteiger partial charge in [-0.05, 0) is 25.1 Å². The van der Waals surface area contributed by atoms with Gasteiger partial charge in [-0.3, -0.25) is 4.98 Å². The van der Waals surface area contributed by atoms with Crippen molar-refractivity contribution in [1.29, 1.82) is 0 Å². The molecule has 18 heavy (non-hydrogen) atoms. The topological polar surface area (TPSA) is 62.8 Å². The summed E-state index contributed by atoms with van der Waals surface area (Å²) in [7, 11) is 1.65. The van der Waals surface area contributed by atoms with Gasteiger partial charge in [-0.15, -0.1) is 0 Å². The van der Waals surface area contributed by atoms with E-state index in [2.05, 4.69) is 27.2 Å². The van der Waals surface area contributed by atoms with E-state index in [-0.39, 0.29) is 6.04 Å². The third kappa shape index (κ3) is 2.68. The van der Waals surface area contributed by atoms with E-state index in [9.17, 15) is 0 Å². The molecule has 0 amide bonds. The van der Waals surface area contributed by atoms with E-state index >= 15 is 0 Å². The molecule has 0 aliphatic carbocycles. The minimum Gasteiger partial charge on any atom is -0.495 e. The summed E-state index contributed by atoms with van der Waals surface area (Å²) in [4.78, 5) is 11.8. The fourth-order valence-electron chi connectivity index (χ4n) is 1.84. The molecule has 5 nitrogen and oxygen atoms in total. The van der Waals surface area contributed by atoms with Gasteiger partial charge < -0.3 is 15.0 Å². The van der Waals surface area contributed by atoms with Crippen LogP contribution in [-0.2, 0) is 0 Å². The number of aromatic nitrogens is 3. The number of imidazole rings is 1. The molecule has 2 heterocycles. The Morgan fingerprint density at radius 1 is 1.39 bits per heavy atom. The summed E-state index contributed by atoms with van der Waals surface area (Å²) in [5, 5.41) is 3.43. The van der Waals surface area contributed by atoms with Gasteiger partial charge in [0.05, 0.1) is 7.11 Å². The average Bonchev–Trinajstić information content (AvgIpc) is 2.94. The molecule has 0 aliphatic heterocycles. The lowest BCUT2D eigenvalue weighted by atomic mass is 10.1. The second-order valence-corrected chi connectivity index (χ2v) is 3.95. The highest BCUT2D eigenvalue weighted by molar-refractivity contribution is 5.32. The van der Waals surface area contributed by atoms with Crippen LogP contribution in [-0.4, -0.2) is 28.6 Å². The summed E-state index contributed by atoms with van der Waals surface area (Å²) in [6.45, 7) is 3.02. The molecule has 0 radical (unpaired) electrons. The Balaban J connectivity index is 2.33. The minimum absolute atomic E-state index is 0.0731. The zero-order chi connectivity index (χ0) is 12.8. The van der Waals surface area contributed by atoms with Crippen molar-refractivity contribution in [1.82, 2.24) is 20.3 Å². The molecule has 0 saturated carbocycles. The Morgan fingerprint density at radius 3 is 2.94 bits per heavy atom. The van der Waals surface area contributed by atoms with Crippen LogP contribution in [0.15, 0.2) is 30.7 Å². The van der Waals surface area contributed by atoms with Crippen molar-refractivity contribution in [3.8, 4) is 5.75 Å². The molecule has 0 saturated heterocycles. The van der Waals surface area contributed by atoms with Crippen molar-refractivity contribution in [2.24, 2.45) is 0 Å². The summed E-state index contributed by atoms with van der Waals surface area (Å²) in [6, 6.07) is 3.70.